The van der Waals surface area contributed by atoms with Gasteiger partial charge in [-0.25, -0.2) is 4.98 Å². The number of benzene rings is 2. The molecular formula is C33H39BN4O4. The third kappa shape index (κ3) is 5.48. The standard InChI is InChI=1S/C33H39BN4O4/c1-21-10-12-22(13-11-21)16-29(34-41-28-18-24-17-27(32(24,2)3)33(28,4)42-34)38-30(39)19-25(23-8-6-5-7-9-23)37-31(40)26-20-35-14-15-36-26/h5-15,20,24-25,27-29H,16-19H2,1-4H3,(H,37,40)(H,38,39)/t24-,25?,27-,28-,29+,33+/m1/s1. The van der Waals surface area contributed by atoms with Crippen LogP contribution in [0.4, 0.5) is 0 Å². The zero-order valence-corrected chi connectivity index (χ0v) is 24.7. The first-order chi connectivity index (χ1) is 20.1. The minimum atomic E-state index is -0.565. The molecule has 2 amide bonds. The highest BCUT2D eigenvalue weighted by Crippen LogP contribution is 2.65. The Hall–Kier alpha value is -3.56. The van der Waals surface area contributed by atoms with Crippen molar-refractivity contribution in [2.24, 2.45) is 17.3 Å². The molecule has 42 heavy (non-hydrogen) atoms. The molecule has 0 radical (unpaired) electrons. The molecule has 2 heterocycles. The number of hydrogen-bond acceptors (Lipinski definition) is 6. The number of amides is 2. The van der Waals surface area contributed by atoms with E-state index in [1.807, 2.05) is 30.3 Å². The van der Waals surface area contributed by atoms with Crippen LogP contribution in [0.3, 0.4) is 0 Å². The Kier molecular flexibility index (Phi) is 7.66. The second-order valence-electron chi connectivity index (χ2n) is 12.9. The summed E-state index contributed by atoms with van der Waals surface area (Å²) in [6.07, 6.45) is 7.17. The molecule has 1 unspecified atom stereocenters. The Morgan fingerprint density at radius 3 is 2.48 bits per heavy atom. The fourth-order valence-corrected chi connectivity index (χ4v) is 7.30. The summed E-state index contributed by atoms with van der Waals surface area (Å²) in [5.74, 6) is 0.0835. The molecule has 9 heteroatoms. The van der Waals surface area contributed by atoms with Gasteiger partial charge in [0.15, 0.2) is 0 Å². The van der Waals surface area contributed by atoms with Gasteiger partial charge in [-0.15, -0.1) is 0 Å². The van der Waals surface area contributed by atoms with Gasteiger partial charge in [0, 0.05) is 12.4 Å². The van der Waals surface area contributed by atoms with Crippen LogP contribution in [0.1, 0.15) is 73.3 Å². The summed E-state index contributed by atoms with van der Waals surface area (Å²) in [6.45, 7) is 8.94. The average Bonchev–Trinajstić information content (AvgIpc) is 3.35. The fourth-order valence-electron chi connectivity index (χ4n) is 7.30. The van der Waals surface area contributed by atoms with E-state index in [1.54, 1.807) is 0 Å². The summed E-state index contributed by atoms with van der Waals surface area (Å²) in [7, 11) is -0.565. The molecule has 2 N–H and O–H groups in total. The van der Waals surface area contributed by atoms with Crippen LogP contribution in [0.15, 0.2) is 73.2 Å². The monoisotopic (exact) mass is 566 g/mol. The second-order valence-corrected chi connectivity index (χ2v) is 12.9. The number of carbonyl (C=O) groups is 2. The third-order valence-electron chi connectivity index (χ3n) is 9.91. The van der Waals surface area contributed by atoms with E-state index in [0.717, 1.165) is 24.0 Å². The van der Waals surface area contributed by atoms with Gasteiger partial charge < -0.3 is 19.9 Å². The summed E-state index contributed by atoms with van der Waals surface area (Å²) in [6, 6.07) is 17.3. The molecule has 3 aromatic rings. The number of carbonyl (C=O) groups excluding carboxylic acids is 2. The Morgan fingerprint density at radius 2 is 1.79 bits per heavy atom. The minimum Gasteiger partial charge on any atom is -0.404 e. The molecule has 4 fully saturated rings. The molecule has 1 aliphatic heterocycles. The van der Waals surface area contributed by atoms with Crippen molar-refractivity contribution in [2.75, 3.05) is 0 Å². The number of aryl methyl sites for hydroxylation is 1. The van der Waals surface area contributed by atoms with Crippen LogP contribution < -0.4 is 10.6 Å². The SMILES string of the molecule is Cc1ccc(C[C@H](NC(=O)CC(NC(=O)c2cnccn2)c2ccccc2)B2O[C@@H]3C[C@H]4C[C@H](C4(C)C)[C@]3(C)O2)cc1. The lowest BCUT2D eigenvalue weighted by Crippen LogP contribution is -2.65. The second kappa shape index (κ2) is 11.3. The van der Waals surface area contributed by atoms with Crippen molar-refractivity contribution in [1.82, 2.24) is 20.6 Å². The van der Waals surface area contributed by atoms with E-state index in [2.05, 4.69) is 72.6 Å². The van der Waals surface area contributed by atoms with Crippen LogP contribution in [0.25, 0.3) is 0 Å². The normalized spacial score (nSPS) is 26.9. The van der Waals surface area contributed by atoms with Gasteiger partial charge in [0.25, 0.3) is 5.91 Å². The molecule has 1 saturated heterocycles. The first-order valence-corrected chi connectivity index (χ1v) is 14.9. The molecule has 7 rings (SSSR count). The van der Waals surface area contributed by atoms with Crippen molar-refractivity contribution in [3.05, 3.63) is 95.6 Å². The predicted molar refractivity (Wildman–Crippen MR) is 160 cm³/mol. The van der Waals surface area contributed by atoms with E-state index in [4.69, 9.17) is 9.31 Å². The summed E-state index contributed by atoms with van der Waals surface area (Å²) in [4.78, 5) is 34.8. The Morgan fingerprint density at radius 1 is 1.02 bits per heavy atom. The van der Waals surface area contributed by atoms with E-state index >= 15 is 0 Å². The van der Waals surface area contributed by atoms with Crippen molar-refractivity contribution in [2.45, 2.75) is 77.1 Å². The predicted octanol–water partition coefficient (Wildman–Crippen LogP) is 4.64. The van der Waals surface area contributed by atoms with Gasteiger partial charge in [-0.3, -0.25) is 14.6 Å². The van der Waals surface area contributed by atoms with Crippen LogP contribution in [-0.2, 0) is 20.5 Å². The fraction of sp³-hybridized carbons (Fsp3) is 0.455. The number of nitrogens with one attached hydrogen (secondary N) is 2. The highest BCUT2D eigenvalue weighted by Gasteiger charge is 2.68. The lowest BCUT2D eigenvalue weighted by molar-refractivity contribution is -0.199. The largest absolute Gasteiger partial charge is 0.482 e. The van der Waals surface area contributed by atoms with Crippen LogP contribution in [0.2, 0.25) is 0 Å². The number of rotatable bonds is 9. The maximum Gasteiger partial charge on any atom is 0.482 e. The molecular weight excluding hydrogens is 527 g/mol. The summed E-state index contributed by atoms with van der Waals surface area (Å²) in [5.41, 5.74) is 3.14. The lowest BCUT2D eigenvalue weighted by Gasteiger charge is -2.64. The van der Waals surface area contributed by atoms with Crippen LogP contribution in [0, 0.1) is 24.2 Å². The van der Waals surface area contributed by atoms with Gasteiger partial charge in [-0.1, -0.05) is 74.0 Å². The topological polar surface area (TPSA) is 102 Å². The molecule has 6 atom stereocenters. The Labute approximate surface area is 248 Å². The van der Waals surface area contributed by atoms with Crippen molar-refractivity contribution in [3.8, 4) is 0 Å². The molecule has 0 spiro atoms. The van der Waals surface area contributed by atoms with Crippen molar-refractivity contribution in [3.63, 3.8) is 0 Å². The van der Waals surface area contributed by atoms with E-state index in [-0.39, 0.29) is 41.0 Å². The van der Waals surface area contributed by atoms with Gasteiger partial charge in [-0.05, 0) is 61.5 Å². The highest BCUT2D eigenvalue weighted by molar-refractivity contribution is 6.48. The number of hydrogen-bond donors (Lipinski definition) is 2. The van der Waals surface area contributed by atoms with Crippen molar-refractivity contribution in [1.29, 1.82) is 0 Å². The molecule has 8 nitrogen and oxygen atoms in total. The summed E-state index contributed by atoms with van der Waals surface area (Å²) >= 11 is 0. The quantitative estimate of drug-likeness (QED) is 0.366. The molecule has 2 bridgehead atoms. The molecule has 4 aliphatic rings. The van der Waals surface area contributed by atoms with E-state index in [9.17, 15) is 9.59 Å². The summed E-state index contributed by atoms with van der Waals surface area (Å²) < 4.78 is 13.4. The molecule has 218 valence electrons. The smallest absolute Gasteiger partial charge is 0.404 e. The maximum absolute atomic E-state index is 13.7. The van der Waals surface area contributed by atoms with Gasteiger partial charge in [-0.2, -0.15) is 0 Å². The van der Waals surface area contributed by atoms with Crippen molar-refractivity contribution < 1.29 is 18.9 Å². The van der Waals surface area contributed by atoms with Gasteiger partial charge in [0.2, 0.25) is 5.91 Å². The summed E-state index contributed by atoms with van der Waals surface area (Å²) in [5, 5.41) is 6.22. The third-order valence-corrected chi connectivity index (χ3v) is 9.91. The maximum atomic E-state index is 13.7. The van der Waals surface area contributed by atoms with Gasteiger partial charge in [0.1, 0.15) is 5.69 Å². The first kappa shape index (κ1) is 28.6. The number of aromatic nitrogens is 2. The molecule has 1 aromatic heterocycles. The van der Waals surface area contributed by atoms with Crippen LogP contribution >= 0.6 is 0 Å². The lowest BCUT2D eigenvalue weighted by atomic mass is 9.43. The first-order valence-electron chi connectivity index (χ1n) is 14.9. The molecule has 3 saturated carbocycles. The van der Waals surface area contributed by atoms with E-state index in [0.29, 0.717) is 18.3 Å². The zero-order chi connectivity index (χ0) is 29.5. The number of nitrogens with zero attached hydrogens (tertiary/aromatic N) is 2. The zero-order valence-electron chi connectivity index (χ0n) is 24.7. The molecule has 2 aromatic carbocycles. The van der Waals surface area contributed by atoms with Gasteiger partial charge in [0.05, 0.1) is 36.3 Å². The van der Waals surface area contributed by atoms with E-state index in [1.165, 1.54) is 24.2 Å². The Bertz CT molecular complexity index is 1420. The van der Waals surface area contributed by atoms with Crippen molar-refractivity contribution >= 4 is 18.9 Å². The van der Waals surface area contributed by atoms with Gasteiger partial charge >= 0.3 is 7.12 Å². The minimum absolute atomic E-state index is 0.0139. The average molecular weight is 567 g/mol. The molecule has 3 aliphatic carbocycles. The van der Waals surface area contributed by atoms with Crippen LogP contribution in [-0.4, -0.2) is 46.5 Å². The highest BCUT2D eigenvalue weighted by atomic mass is 16.7. The van der Waals surface area contributed by atoms with E-state index < -0.39 is 19.1 Å². The van der Waals surface area contributed by atoms with Crippen LogP contribution in [0.5, 0.6) is 0 Å². The Balaban J connectivity index is 1.21.